The van der Waals surface area contributed by atoms with Crippen molar-refractivity contribution in [2.75, 3.05) is 12.3 Å². The Labute approximate surface area is 104 Å². The predicted molar refractivity (Wildman–Crippen MR) is 66.6 cm³/mol. The molecule has 94 valence electrons. The number of halogens is 1. The Morgan fingerprint density at radius 2 is 2.22 bits per heavy atom. The van der Waals surface area contributed by atoms with E-state index in [-0.39, 0.29) is 5.82 Å². The largest absolute Gasteiger partial charge is 0.493 e. The van der Waals surface area contributed by atoms with E-state index < -0.39 is 0 Å². The van der Waals surface area contributed by atoms with Crippen molar-refractivity contribution < 1.29 is 9.13 Å². The Hall–Kier alpha value is -2.04. The fourth-order valence-corrected chi connectivity index (χ4v) is 1.84. The van der Waals surface area contributed by atoms with Gasteiger partial charge in [-0.15, -0.1) is 0 Å². The maximum absolute atomic E-state index is 13.4. The van der Waals surface area contributed by atoms with Crippen LogP contribution in [0.3, 0.4) is 0 Å². The zero-order valence-electron chi connectivity index (χ0n) is 9.82. The topological polar surface area (TPSA) is 63.9 Å². The molecule has 0 atom stereocenters. The maximum Gasteiger partial charge on any atom is 0.127 e. The lowest BCUT2D eigenvalue weighted by molar-refractivity contribution is 0.300. The highest BCUT2D eigenvalue weighted by atomic mass is 19.1. The van der Waals surface area contributed by atoms with Gasteiger partial charge in [0.1, 0.15) is 17.4 Å². The molecule has 0 unspecified atom stereocenters. The maximum atomic E-state index is 13.4. The molecule has 4 nitrogen and oxygen atoms in total. The summed E-state index contributed by atoms with van der Waals surface area (Å²) in [6.07, 6.45) is 4.00. The first-order valence-corrected chi connectivity index (χ1v) is 5.95. The minimum Gasteiger partial charge on any atom is -0.493 e. The van der Waals surface area contributed by atoms with E-state index in [2.05, 4.69) is 10.2 Å². The smallest absolute Gasteiger partial charge is 0.127 e. The third kappa shape index (κ3) is 2.16. The number of hydrogen-bond acceptors (Lipinski definition) is 3. The van der Waals surface area contributed by atoms with Crippen molar-refractivity contribution in [3.8, 4) is 16.9 Å². The average Bonchev–Trinajstić information content (AvgIpc) is 3.09. The molecule has 1 aromatic heterocycles. The van der Waals surface area contributed by atoms with E-state index >= 15 is 0 Å². The molecule has 0 spiro atoms. The molecular formula is C13H14FN3O. The minimum atomic E-state index is -0.315. The lowest BCUT2D eigenvalue weighted by atomic mass is 10.1. The van der Waals surface area contributed by atoms with E-state index in [0.29, 0.717) is 35.2 Å². The molecule has 1 saturated carbocycles. The van der Waals surface area contributed by atoms with Gasteiger partial charge in [-0.25, -0.2) is 4.39 Å². The molecule has 0 aliphatic heterocycles. The summed E-state index contributed by atoms with van der Waals surface area (Å²) in [6, 6.07) is 4.45. The van der Waals surface area contributed by atoms with E-state index in [4.69, 9.17) is 10.5 Å². The molecule has 1 aliphatic carbocycles. The first kappa shape index (κ1) is 11.1. The highest BCUT2D eigenvalue weighted by Crippen LogP contribution is 2.35. The third-order valence-electron chi connectivity index (χ3n) is 3.07. The second-order valence-electron chi connectivity index (χ2n) is 4.59. The van der Waals surface area contributed by atoms with Gasteiger partial charge in [-0.3, -0.25) is 5.10 Å². The van der Waals surface area contributed by atoms with Crippen LogP contribution >= 0.6 is 0 Å². The lowest BCUT2D eigenvalue weighted by Crippen LogP contribution is -2.01. The van der Waals surface area contributed by atoms with Crippen molar-refractivity contribution >= 4 is 5.82 Å². The van der Waals surface area contributed by atoms with E-state index in [1.54, 1.807) is 12.3 Å². The van der Waals surface area contributed by atoms with E-state index in [1.807, 2.05) is 0 Å². The molecule has 3 rings (SSSR count). The van der Waals surface area contributed by atoms with Gasteiger partial charge in [-0.1, -0.05) is 0 Å². The number of ether oxygens (including phenoxy) is 1. The molecule has 1 aliphatic rings. The second-order valence-corrected chi connectivity index (χ2v) is 4.59. The van der Waals surface area contributed by atoms with Crippen molar-refractivity contribution in [1.82, 2.24) is 10.2 Å². The van der Waals surface area contributed by atoms with Crippen LogP contribution in [-0.4, -0.2) is 16.8 Å². The summed E-state index contributed by atoms with van der Waals surface area (Å²) in [4.78, 5) is 0. The van der Waals surface area contributed by atoms with E-state index in [1.165, 1.54) is 25.0 Å². The van der Waals surface area contributed by atoms with Gasteiger partial charge < -0.3 is 10.5 Å². The Bertz CT molecular complexity index is 563. The number of hydrogen-bond donors (Lipinski definition) is 2. The first-order chi connectivity index (χ1) is 8.74. The molecule has 0 saturated heterocycles. The van der Waals surface area contributed by atoms with Gasteiger partial charge in [-0.2, -0.15) is 5.10 Å². The van der Waals surface area contributed by atoms with Gasteiger partial charge >= 0.3 is 0 Å². The number of aromatic amines is 1. The highest BCUT2D eigenvalue weighted by molar-refractivity contribution is 5.77. The number of nitrogens with zero attached hydrogens (tertiary/aromatic N) is 1. The fourth-order valence-electron chi connectivity index (χ4n) is 1.84. The Morgan fingerprint density at radius 3 is 2.89 bits per heavy atom. The summed E-state index contributed by atoms with van der Waals surface area (Å²) in [5.41, 5.74) is 7.07. The summed E-state index contributed by atoms with van der Waals surface area (Å²) in [5.74, 6) is 1.39. The number of H-pyrrole nitrogens is 1. The predicted octanol–water partition coefficient (Wildman–Crippen LogP) is 2.59. The van der Waals surface area contributed by atoms with Crippen LogP contribution in [0.5, 0.6) is 5.75 Å². The quantitative estimate of drug-likeness (QED) is 0.872. The van der Waals surface area contributed by atoms with Gasteiger partial charge in [-0.05, 0) is 37.0 Å². The monoisotopic (exact) mass is 247 g/mol. The molecule has 1 heterocycles. The van der Waals surface area contributed by atoms with Gasteiger partial charge in [0, 0.05) is 11.1 Å². The summed E-state index contributed by atoms with van der Waals surface area (Å²) in [6.45, 7) is 0.677. The summed E-state index contributed by atoms with van der Waals surface area (Å²) < 4.78 is 19.1. The van der Waals surface area contributed by atoms with Crippen LogP contribution in [0.15, 0.2) is 24.4 Å². The molecule has 5 heteroatoms. The van der Waals surface area contributed by atoms with Gasteiger partial charge in [0.05, 0.1) is 12.8 Å². The van der Waals surface area contributed by atoms with Gasteiger partial charge in [0.15, 0.2) is 0 Å². The van der Waals surface area contributed by atoms with Crippen LogP contribution in [0.4, 0.5) is 10.2 Å². The number of nitrogens with two attached hydrogens (primary N) is 1. The number of nitrogens with one attached hydrogen (secondary N) is 1. The van der Waals surface area contributed by atoms with Gasteiger partial charge in [0.2, 0.25) is 0 Å². The normalized spacial score (nSPS) is 14.7. The van der Waals surface area contributed by atoms with Gasteiger partial charge in [0.25, 0.3) is 0 Å². The number of benzene rings is 1. The molecule has 0 radical (unpaired) electrons. The Morgan fingerprint density at radius 1 is 1.39 bits per heavy atom. The summed E-state index contributed by atoms with van der Waals surface area (Å²) in [5, 5.41) is 6.49. The van der Waals surface area contributed by atoms with Crippen molar-refractivity contribution in [1.29, 1.82) is 0 Å². The molecule has 1 aromatic carbocycles. The van der Waals surface area contributed by atoms with Crippen molar-refractivity contribution in [3.63, 3.8) is 0 Å². The molecule has 1 fully saturated rings. The molecular weight excluding hydrogens is 233 g/mol. The number of nitrogen functional groups attached to an aromatic ring is 1. The molecule has 0 bridgehead atoms. The van der Waals surface area contributed by atoms with Crippen LogP contribution in [-0.2, 0) is 0 Å². The zero-order valence-corrected chi connectivity index (χ0v) is 9.82. The van der Waals surface area contributed by atoms with Crippen molar-refractivity contribution in [2.45, 2.75) is 12.8 Å². The number of aromatic nitrogens is 2. The molecule has 18 heavy (non-hydrogen) atoms. The van der Waals surface area contributed by atoms with Crippen LogP contribution in [0.25, 0.3) is 11.1 Å². The minimum absolute atomic E-state index is 0.315. The van der Waals surface area contributed by atoms with Crippen molar-refractivity contribution in [2.24, 2.45) is 5.92 Å². The number of anilines is 1. The summed E-state index contributed by atoms with van der Waals surface area (Å²) in [7, 11) is 0. The van der Waals surface area contributed by atoms with Crippen LogP contribution in [0.1, 0.15) is 12.8 Å². The van der Waals surface area contributed by atoms with Crippen LogP contribution in [0, 0.1) is 11.7 Å². The molecule has 3 N–H and O–H groups in total. The fraction of sp³-hybridized carbons (Fsp3) is 0.308. The third-order valence-corrected chi connectivity index (χ3v) is 3.07. The molecule has 0 amide bonds. The standard InChI is InChI=1S/C13H14FN3O/c14-9-3-4-12(18-7-8-1-2-8)10(5-9)11-6-16-17-13(11)15/h3-6,8H,1-2,7H2,(H3,15,16,17). The van der Waals surface area contributed by atoms with E-state index in [9.17, 15) is 4.39 Å². The highest BCUT2D eigenvalue weighted by Gasteiger charge is 2.23. The Kier molecular flexibility index (Phi) is 2.66. The van der Waals surface area contributed by atoms with Crippen molar-refractivity contribution in [3.05, 3.63) is 30.2 Å². The zero-order chi connectivity index (χ0) is 12.5. The average molecular weight is 247 g/mol. The Balaban J connectivity index is 1.94. The molecule has 2 aromatic rings. The second kappa shape index (κ2) is 4.33. The van der Waals surface area contributed by atoms with Crippen LogP contribution in [0.2, 0.25) is 0 Å². The first-order valence-electron chi connectivity index (χ1n) is 5.95. The lowest BCUT2D eigenvalue weighted by Gasteiger charge is -2.10. The SMILES string of the molecule is Nc1[nH]ncc1-c1cc(F)ccc1OCC1CC1. The summed E-state index contributed by atoms with van der Waals surface area (Å²) >= 11 is 0. The number of rotatable bonds is 4. The van der Waals surface area contributed by atoms with Crippen LogP contribution < -0.4 is 10.5 Å². The van der Waals surface area contributed by atoms with E-state index in [0.717, 1.165) is 0 Å².